The van der Waals surface area contributed by atoms with Gasteiger partial charge in [-0.1, -0.05) is 20.8 Å². The molecule has 0 heterocycles. The van der Waals surface area contributed by atoms with Gasteiger partial charge in [-0.05, 0) is 0 Å². The number of rotatable bonds is 3. The van der Waals surface area contributed by atoms with Gasteiger partial charge in [-0.25, -0.2) is 4.79 Å². The Morgan fingerprint density at radius 3 is 2.00 bits per heavy atom. The Balaban J connectivity index is 3.92. The minimum Gasteiger partial charge on any atom is -0.354 e. The molecule has 94 valence electrons. The number of carbonyl (C=O) groups excluding carboxylic acids is 2. The predicted octanol–water partition coefficient (Wildman–Crippen LogP) is 0.762. The molecule has 0 saturated carbocycles. The van der Waals surface area contributed by atoms with Gasteiger partial charge in [0.15, 0.2) is 0 Å². The zero-order valence-corrected chi connectivity index (χ0v) is 11.1. The number of carbonyl (C=O) groups is 2. The van der Waals surface area contributed by atoms with E-state index in [0.717, 1.165) is 0 Å². The van der Waals surface area contributed by atoms with Crippen LogP contribution in [0, 0.1) is 5.41 Å². The monoisotopic (exact) mass is 229 g/mol. The summed E-state index contributed by atoms with van der Waals surface area (Å²) >= 11 is 0. The molecule has 0 aliphatic carbocycles. The number of nitrogens with zero attached hydrogens (tertiary/aromatic N) is 2. The van der Waals surface area contributed by atoms with Crippen molar-refractivity contribution in [1.29, 1.82) is 0 Å². The fraction of sp³-hybridized carbons (Fsp3) is 0.818. The summed E-state index contributed by atoms with van der Waals surface area (Å²) < 4.78 is 0. The maximum atomic E-state index is 11.5. The normalized spacial score (nSPS) is 10.9. The lowest BCUT2D eigenvalue weighted by Gasteiger charge is -2.23. The van der Waals surface area contributed by atoms with Crippen molar-refractivity contribution in [3.63, 3.8) is 0 Å². The van der Waals surface area contributed by atoms with Crippen LogP contribution in [-0.2, 0) is 4.79 Å². The first kappa shape index (κ1) is 14.7. The van der Waals surface area contributed by atoms with E-state index < -0.39 is 0 Å². The standard InChI is InChI=1S/C11H23N3O2/c1-11(2,3)9(15)12-7-8-14(6)10(16)13(4)5/h7-8H2,1-6H3,(H,12,15). The molecule has 0 fully saturated rings. The molecule has 0 aromatic rings. The number of nitrogens with one attached hydrogen (secondary N) is 1. The van der Waals surface area contributed by atoms with Crippen LogP contribution < -0.4 is 5.32 Å². The van der Waals surface area contributed by atoms with Gasteiger partial charge in [0.05, 0.1) is 0 Å². The van der Waals surface area contributed by atoms with Crippen LogP contribution in [0.1, 0.15) is 20.8 Å². The van der Waals surface area contributed by atoms with Crippen LogP contribution in [0.2, 0.25) is 0 Å². The van der Waals surface area contributed by atoms with Crippen molar-refractivity contribution < 1.29 is 9.59 Å². The molecule has 0 atom stereocenters. The Hall–Kier alpha value is -1.26. The van der Waals surface area contributed by atoms with Crippen molar-refractivity contribution in [2.24, 2.45) is 5.41 Å². The summed E-state index contributed by atoms with van der Waals surface area (Å²) in [6, 6.07) is -0.0648. The summed E-state index contributed by atoms with van der Waals surface area (Å²) in [6.45, 7) is 6.57. The fourth-order valence-electron chi connectivity index (χ4n) is 1.04. The largest absolute Gasteiger partial charge is 0.354 e. The van der Waals surface area contributed by atoms with Gasteiger partial charge >= 0.3 is 6.03 Å². The lowest BCUT2D eigenvalue weighted by atomic mass is 9.96. The number of urea groups is 1. The summed E-state index contributed by atoms with van der Waals surface area (Å²) in [7, 11) is 5.12. The van der Waals surface area contributed by atoms with Crippen LogP contribution in [0.5, 0.6) is 0 Å². The minimum absolute atomic E-state index is 0.00166. The van der Waals surface area contributed by atoms with Crippen LogP contribution in [0.15, 0.2) is 0 Å². The highest BCUT2D eigenvalue weighted by Gasteiger charge is 2.20. The summed E-state index contributed by atoms with van der Waals surface area (Å²) in [5.41, 5.74) is -0.385. The fourth-order valence-corrected chi connectivity index (χ4v) is 1.04. The molecule has 5 heteroatoms. The molecule has 0 aliphatic rings. The first-order chi connectivity index (χ1) is 7.16. The molecule has 0 aromatic carbocycles. The van der Waals surface area contributed by atoms with Crippen molar-refractivity contribution in [1.82, 2.24) is 15.1 Å². The van der Waals surface area contributed by atoms with Crippen LogP contribution in [0.3, 0.4) is 0 Å². The van der Waals surface area contributed by atoms with E-state index in [9.17, 15) is 9.59 Å². The molecule has 16 heavy (non-hydrogen) atoms. The molecule has 5 nitrogen and oxygen atoms in total. The zero-order valence-electron chi connectivity index (χ0n) is 11.1. The highest BCUT2D eigenvalue weighted by Crippen LogP contribution is 2.11. The molecule has 3 amide bonds. The quantitative estimate of drug-likeness (QED) is 0.777. The third-order valence-electron chi connectivity index (χ3n) is 2.12. The van der Waals surface area contributed by atoms with Crippen molar-refractivity contribution >= 4 is 11.9 Å². The van der Waals surface area contributed by atoms with E-state index in [1.54, 1.807) is 26.0 Å². The Labute approximate surface area is 97.8 Å². The number of likely N-dealkylation sites (N-methyl/N-ethyl adjacent to an activating group) is 1. The molecule has 0 unspecified atom stereocenters. The summed E-state index contributed by atoms with van der Waals surface area (Å²) in [5.74, 6) is -0.00166. The van der Waals surface area contributed by atoms with Crippen molar-refractivity contribution in [2.45, 2.75) is 20.8 Å². The van der Waals surface area contributed by atoms with Gasteiger partial charge in [-0.2, -0.15) is 0 Å². The second-order valence-electron chi connectivity index (χ2n) is 5.10. The molecule has 0 saturated heterocycles. The maximum Gasteiger partial charge on any atom is 0.319 e. The average Bonchev–Trinajstić information content (AvgIpc) is 2.14. The summed E-state index contributed by atoms with van der Waals surface area (Å²) in [5, 5.41) is 2.80. The molecule has 0 bridgehead atoms. The molecule has 1 N–H and O–H groups in total. The number of hydrogen-bond acceptors (Lipinski definition) is 2. The van der Waals surface area contributed by atoms with E-state index >= 15 is 0 Å². The van der Waals surface area contributed by atoms with Crippen molar-refractivity contribution in [3.8, 4) is 0 Å². The molecule has 0 spiro atoms. The van der Waals surface area contributed by atoms with Crippen molar-refractivity contribution in [3.05, 3.63) is 0 Å². The molecular formula is C11H23N3O2. The predicted molar refractivity (Wildman–Crippen MR) is 64.2 cm³/mol. The SMILES string of the molecule is CN(C)C(=O)N(C)CCNC(=O)C(C)(C)C. The molecule has 0 aromatic heterocycles. The third-order valence-corrected chi connectivity index (χ3v) is 2.12. The van der Waals surface area contributed by atoms with Gasteiger partial charge in [0.2, 0.25) is 5.91 Å². The van der Waals surface area contributed by atoms with Gasteiger partial charge in [-0.15, -0.1) is 0 Å². The lowest BCUT2D eigenvalue weighted by molar-refractivity contribution is -0.128. The molecule has 0 rings (SSSR count). The minimum atomic E-state index is -0.385. The second kappa shape index (κ2) is 5.72. The van der Waals surface area contributed by atoms with Gasteiger partial charge in [0.1, 0.15) is 0 Å². The molecule has 0 aliphatic heterocycles. The van der Waals surface area contributed by atoms with E-state index in [1.165, 1.54) is 4.90 Å². The molecule has 0 radical (unpaired) electrons. The van der Waals surface area contributed by atoms with E-state index in [0.29, 0.717) is 13.1 Å². The maximum absolute atomic E-state index is 11.5. The smallest absolute Gasteiger partial charge is 0.319 e. The summed E-state index contributed by atoms with van der Waals surface area (Å²) in [4.78, 5) is 26.1. The highest BCUT2D eigenvalue weighted by atomic mass is 16.2. The Morgan fingerprint density at radius 2 is 1.62 bits per heavy atom. The van der Waals surface area contributed by atoms with E-state index in [2.05, 4.69) is 5.32 Å². The van der Waals surface area contributed by atoms with Crippen LogP contribution in [0.25, 0.3) is 0 Å². The summed E-state index contributed by atoms with van der Waals surface area (Å²) in [6.07, 6.45) is 0. The molecular weight excluding hydrogens is 206 g/mol. The van der Waals surface area contributed by atoms with Crippen molar-refractivity contribution in [2.75, 3.05) is 34.2 Å². The zero-order chi connectivity index (χ0) is 12.9. The van der Waals surface area contributed by atoms with E-state index in [1.807, 2.05) is 20.8 Å². The van der Waals surface area contributed by atoms with E-state index in [-0.39, 0.29) is 17.4 Å². The second-order valence-corrected chi connectivity index (χ2v) is 5.10. The third kappa shape index (κ3) is 5.00. The highest BCUT2D eigenvalue weighted by molar-refractivity contribution is 5.81. The van der Waals surface area contributed by atoms with Gasteiger partial charge in [0.25, 0.3) is 0 Å². The Kier molecular flexibility index (Phi) is 5.27. The van der Waals surface area contributed by atoms with Gasteiger partial charge < -0.3 is 15.1 Å². The van der Waals surface area contributed by atoms with Crippen LogP contribution >= 0.6 is 0 Å². The topological polar surface area (TPSA) is 52.7 Å². The van der Waals surface area contributed by atoms with E-state index in [4.69, 9.17) is 0 Å². The number of amides is 3. The number of hydrogen-bond donors (Lipinski definition) is 1. The van der Waals surface area contributed by atoms with Gasteiger partial charge in [0, 0.05) is 39.6 Å². The lowest BCUT2D eigenvalue weighted by Crippen LogP contribution is -2.43. The first-order valence-corrected chi connectivity index (χ1v) is 5.37. The Bertz CT molecular complexity index is 256. The van der Waals surface area contributed by atoms with Crippen LogP contribution in [0.4, 0.5) is 4.79 Å². The average molecular weight is 229 g/mol. The van der Waals surface area contributed by atoms with Crippen LogP contribution in [-0.4, -0.2) is 56.0 Å². The van der Waals surface area contributed by atoms with Gasteiger partial charge in [-0.3, -0.25) is 4.79 Å². The Morgan fingerprint density at radius 1 is 1.12 bits per heavy atom. The first-order valence-electron chi connectivity index (χ1n) is 5.37.